The molecule has 2 aromatic carbocycles. The first kappa shape index (κ1) is 49.0. The summed E-state index contributed by atoms with van der Waals surface area (Å²) >= 11 is 3.27. The number of Topliss-reactive ketones (excluding diaryl/α,β-unsaturated/α-hetero) is 2. The van der Waals surface area contributed by atoms with Crippen LogP contribution in [-0.2, 0) is 40.3 Å². The molecule has 4 aromatic heterocycles. The molecule has 0 unspecified atom stereocenters. The van der Waals surface area contributed by atoms with Crippen LogP contribution < -0.4 is 17.4 Å². The number of hydrogen-bond acceptors (Lipinski definition) is 16. The van der Waals surface area contributed by atoms with Gasteiger partial charge in [0.25, 0.3) is 0 Å². The lowest BCUT2D eigenvalue weighted by Gasteiger charge is -2.28. The quantitative estimate of drug-likeness (QED) is 0.0959. The number of nitrogens with zero attached hydrogens (tertiary/aromatic N) is 5. The standard InChI is InChI=1S/C21H21N3O6S2.C17H13BrN2O4S.C4H9NO2S/c1-14-7-9-16(10-8-14)32(28,29)30-20-18(15(2)25)23-21(17-6-5-11-22-19(17)20)24-12-3-4-13-31(24,26)27;1-10-5-7-12(8-6-10)25(22,23)24-16-14(11(2)21)20-17(18)13-4-3-9-19-15(13)16;6-8(7)4-2-1-3-5-8/h5-11H,3-4,12-13H2,1-2H3;3-9H,1-2H3;5H,1-4H2. The van der Waals surface area contributed by atoms with E-state index in [1.54, 1.807) is 48.5 Å². The normalized spacial score (nSPS) is 15.7. The van der Waals surface area contributed by atoms with Gasteiger partial charge in [0, 0.05) is 50.1 Å². The molecule has 0 aliphatic carbocycles. The van der Waals surface area contributed by atoms with E-state index in [-0.39, 0.29) is 67.2 Å². The monoisotopic (exact) mass is 1030 g/mol. The Bertz CT molecular complexity index is 3240. The molecule has 65 heavy (non-hydrogen) atoms. The number of nitrogens with one attached hydrogen (secondary N) is 1. The topological polar surface area (TPSA) is 256 Å². The Morgan fingerprint density at radius 2 is 1.14 bits per heavy atom. The maximum atomic E-state index is 12.9. The van der Waals surface area contributed by atoms with Gasteiger partial charge in [-0.15, -0.1) is 0 Å². The molecule has 2 fully saturated rings. The third-order valence-electron chi connectivity index (χ3n) is 9.79. The average Bonchev–Trinajstić information content (AvgIpc) is 3.25. The Kier molecular flexibility index (Phi) is 15.0. The van der Waals surface area contributed by atoms with E-state index in [0.717, 1.165) is 28.3 Å². The van der Waals surface area contributed by atoms with Crippen LogP contribution in [0.1, 0.15) is 71.6 Å². The number of aromatic nitrogens is 4. The Morgan fingerprint density at radius 1 is 0.662 bits per heavy atom. The van der Waals surface area contributed by atoms with E-state index in [1.165, 1.54) is 50.5 Å². The smallest absolute Gasteiger partial charge is 0.339 e. The minimum Gasteiger partial charge on any atom is -0.374 e. The van der Waals surface area contributed by atoms with Crippen molar-refractivity contribution in [2.75, 3.05) is 28.9 Å². The highest BCUT2D eigenvalue weighted by Crippen LogP contribution is 2.38. The molecule has 6 aromatic rings. The van der Waals surface area contributed by atoms with Gasteiger partial charge < -0.3 is 8.37 Å². The number of hydrogen-bond donors (Lipinski definition) is 1. The molecule has 18 nitrogen and oxygen atoms in total. The molecule has 6 heterocycles. The summed E-state index contributed by atoms with van der Waals surface area (Å²) in [5.74, 6) is -1.19. The summed E-state index contributed by atoms with van der Waals surface area (Å²) in [7, 11) is -14.9. The van der Waals surface area contributed by atoms with E-state index in [2.05, 4.69) is 40.6 Å². The number of fused-ring (bicyclic) bond motifs is 2. The van der Waals surface area contributed by atoms with Crippen LogP contribution in [0, 0.1) is 13.8 Å². The van der Waals surface area contributed by atoms with Crippen molar-refractivity contribution in [1.82, 2.24) is 24.7 Å². The Labute approximate surface area is 385 Å². The summed E-state index contributed by atoms with van der Waals surface area (Å²) in [6, 6.07) is 18.8. The van der Waals surface area contributed by atoms with E-state index in [1.807, 2.05) is 13.8 Å². The fraction of sp³-hybridized carbons (Fsp3) is 0.286. The van der Waals surface area contributed by atoms with Gasteiger partial charge in [0.15, 0.2) is 40.3 Å². The molecule has 2 aliphatic rings. The van der Waals surface area contributed by atoms with Crippen molar-refractivity contribution in [3.8, 4) is 11.5 Å². The summed E-state index contributed by atoms with van der Waals surface area (Å²) < 4.78 is 112. The number of carbonyl (C=O) groups excluding carboxylic acids is 2. The van der Waals surface area contributed by atoms with Crippen LogP contribution in [0.5, 0.6) is 11.5 Å². The van der Waals surface area contributed by atoms with E-state index in [9.17, 15) is 43.3 Å². The highest BCUT2D eigenvalue weighted by Gasteiger charge is 2.33. The first-order valence-electron chi connectivity index (χ1n) is 19.8. The summed E-state index contributed by atoms with van der Waals surface area (Å²) in [5, 5.41) is 0.818. The predicted molar refractivity (Wildman–Crippen MR) is 246 cm³/mol. The number of benzene rings is 2. The van der Waals surface area contributed by atoms with Crippen molar-refractivity contribution in [2.45, 2.75) is 63.2 Å². The van der Waals surface area contributed by atoms with Crippen LogP contribution in [0.25, 0.3) is 21.8 Å². The molecule has 0 radical (unpaired) electrons. The fourth-order valence-corrected chi connectivity index (χ4v) is 11.6. The molecular formula is C42H43BrN6O12S4. The van der Waals surface area contributed by atoms with Crippen molar-refractivity contribution in [3.63, 3.8) is 0 Å². The number of pyridine rings is 4. The van der Waals surface area contributed by atoms with Gasteiger partial charge in [0.1, 0.15) is 25.4 Å². The molecule has 8 rings (SSSR count). The second-order valence-electron chi connectivity index (χ2n) is 14.8. The van der Waals surface area contributed by atoms with Crippen molar-refractivity contribution in [1.29, 1.82) is 0 Å². The molecule has 23 heteroatoms. The van der Waals surface area contributed by atoms with Crippen LogP contribution in [0.3, 0.4) is 0 Å². The lowest BCUT2D eigenvalue weighted by Crippen LogP contribution is -2.38. The summed E-state index contributed by atoms with van der Waals surface area (Å²) in [5.41, 5.74) is 1.66. The third-order valence-corrected chi connectivity index (χ3v) is 16.2. The van der Waals surface area contributed by atoms with Crippen molar-refractivity contribution in [2.24, 2.45) is 0 Å². The molecule has 1 N–H and O–H groups in total. The molecule has 0 spiro atoms. The number of anilines is 1. The molecule has 0 saturated carbocycles. The zero-order chi connectivity index (χ0) is 47.3. The minimum absolute atomic E-state index is 0.0143. The number of ketones is 2. The van der Waals surface area contributed by atoms with Gasteiger partial charge in [0.05, 0.1) is 11.5 Å². The first-order valence-corrected chi connectivity index (χ1v) is 26.7. The summed E-state index contributed by atoms with van der Waals surface area (Å²) in [4.78, 5) is 41.1. The van der Waals surface area contributed by atoms with Crippen molar-refractivity contribution < 1.29 is 51.6 Å². The van der Waals surface area contributed by atoms with E-state index in [4.69, 9.17) is 8.37 Å². The number of halogens is 1. The van der Waals surface area contributed by atoms with Gasteiger partial charge in [-0.2, -0.15) is 16.8 Å². The van der Waals surface area contributed by atoms with Crippen LogP contribution in [0.15, 0.2) is 99.6 Å². The number of rotatable bonds is 9. The van der Waals surface area contributed by atoms with Gasteiger partial charge >= 0.3 is 20.2 Å². The van der Waals surface area contributed by atoms with Gasteiger partial charge in [-0.1, -0.05) is 35.4 Å². The van der Waals surface area contributed by atoms with Crippen LogP contribution in [-0.4, -0.2) is 89.8 Å². The van der Waals surface area contributed by atoms with E-state index < -0.39 is 51.8 Å². The van der Waals surface area contributed by atoms with Crippen LogP contribution >= 0.6 is 15.9 Å². The highest BCUT2D eigenvalue weighted by atomic mass is 79.9. The summed E-state index contributed by atoms with van der Waals surface area (Å²) in [6.45, 7) is 6.99. The lowest BCUT2D eigenvalue weighted by molar-refractivity contribution is 0.0998. The van der Waals surface area contributed by atoms with Gasteiger partial charge in [-0.05, 0) is 104 Å². The Balaban J connectivity index is 0.000000188. The lowest BCUT2D eigenvalue weighted by atomic mass is 10.1. The van der Waals surface area contributed by atoms with E-state index in [0.29, 0.717) is 35.1 Å². The van der Waals surface area contributed by atoms with Gasteiger partial charge in [-0.3, -0.25) is 23.9 Å². The molecule has 2 saturated heterocycles. The largest absolute Gasteiger partial charge is 0.374 e. The maximum absolute atomic E-state index is 12.9. The Hall–Kier alpha value is -5.46. The molecule has 0 amide bonds. The average molecular weight is 1030 g/mol. The zero-order valence-corrected chi connectivity index (χ0v) is 40.2. The van der Waals surface area contributed by atoms with Crippen molar-refractivity contribution >= 4 is 95.4 Å². The summed E-state index contributed by atoms with van der Waals surface area (Å²) in [6.07, 6.45) is 5.87. The van der Waals surface area contributed by atoms with Gasteiger partial charge in [0.2, 0.25) is 20.0 Å². The molecule has 0 atom stereocenters. The number of carbonyl (C=O) groups is 2. The first-order chi connectivity index (χ1) is 30.6. The van der Waals surface area contributed by atoms with Crippen LogP contribution in [0.2, 0.25) is 0 Å². The number of aryl methyl sites for hydroxylation is 2. The van der Waals surface area contributed by atoms with Crippen LogP contribution in [0.4, 0.5) is 5.82 Å². The minimum atomic E-state index is -4.30. The highest BCUT2D eigenvalue weighted by molar-refractivity contribution is 9.10. The fourth-order valence-electron chi connectivity index (χ4n) is 6.46. The van der Waals surface area contributed by atoms with Gasteiger partial charge in [-0.25, -0.2) is 31.5 Å². The second-order valence-corrected chi connectivity index (χ2v) is 22.6. The molecule has 0 bridgehead atoms. The Morgan fingerprint density at radius 3 is 1.58 bits per heavy atom. The van der Waals surface area contributed by atoms with E-state index >= 15 is 0 Å². The third kappa shape index (κ3) is 11.7. The molecule has 344 valence electrons. The predicted octanol–water partition coefficient (Wildman–Crippen LogP) is 6.21. The molecular weight excluding hydrogens is 989 g/mol. The SMILES string of the molecule is CC(=O)c1nc(Br)c2cccnc2c1OS(=O)(=O)c1ccc(C)cc1.CC(=O)c1nc(N2CCCCS2(=O)=O)c2cccnc2c1OS(=O)(=O)c1ccc(C)cc1.O=S1(=O)CCCCN1. The molecule has 2 aliphatic heterocycles. The number of sulfonamides is 2. The second kappa shape index (κ2) is 20.0. The maximum Gasteiger partial charge on any atom is 0.339 e. The zero-order valence-electron chi connectivity index (χ0n) is 35.4. The van der Waals surface area contributed by atoms with Crippen molar-refractivity contribution in [3.05, 3.63) is 112 Å².